The van der Waals surface area contributed by atoms with E-state index in [0.29, 0.717) is 32.1 Å². The molecule has 4 heterocycles. The number of imidazole rings is 1. The van der Waals surface area contributed by atoms with Crippen molar-refractivity contribution < 1.29 is 9.59 Å². The van der Waals surface area contributed by atoms with Gasteiger partial charge < -0.3 is 20.0 Å². The maximum Gasteiger partial charge on any atom is 0.234 e. The molecular formula is C29H42N8O2S. The molecule has 2 aromatic heterocycles. The van der Waals surface area contributed by atoms with Crippen LogP contribution in [0.2, 0.25) is 0 Å². The van der Waals surface area contributed by atoms with Crippen LogP contribution in [0.3, 0.4) is 0 Å². The first-order valence-corrected chi connectivity index (χ1v) is 15.2. The Hall–Kier alpha value is -3.02. The number of likely N-dealkylation sites (N-methyl/N-ethyl adjacent to an activating group) is 1. The second-order valence-electron chi connectivity index (χ2n) is 11.5. The van der Waals surface area contributed by atoms with Crippen molar-refractivity contribution in [2.75, 3.05) is 77.9 Å². The molecule has 2 fully saturated rings. The summed E-state index contributed by atoms with van der Waals surface area (Å²) < 4.78 is 1.88. The maximum atomic E-state index is 13.2. The number of carbonyl (C=O) groups is 2. The Morgan fingerprint density at radius 1 is 1.05 bits per heavy atom. The molecule has 40 heavy (non-hydrogen) atoms. The first-order chi connectivity index (χ1) is 19.3. The molecule has 1 N–H and O–H groups in total. The van der Waals surface area contributed by atoms with Gasteiger partial charge in [0.05, 0.1) is 18.4 Å². The SMILES string of the molecule is CC(C)c1ccc(-c2cn3nc(N4CCC(C(=O)N5CCN(CC(=O)NCCN(C)C)CC5)CC4)sc3n2)cc1. The first-order valence-electron chi connectivity index (χ1n) is 14.4. The van der Waals surface area contributed by atoms with Gasteiger partial charge in [-0.2, -0.15) is 0 Å². The van der Waals surface area contributed by atoms with E-state index in [-0.39, 0.29) is 17.7 Å². The van der Waals surface area contributed by atoms with Gasteiger partial charge in [-0.1, -0.05) is 49.4 Å². The van der Waals surface area contributed by atoms with Crippen molar-refractivity contribution in [2.24, 2.45) is 5.92 Å². The van der Waals surface area contributed by atoms with E-state index in [1.807, 2.05) is 34.6 Å². The van der Waals surface area contributed by atoms with E-state index in [1.54, 1.807) is 11.3 Å². The van der Waals surface area contributed by atoms with Gasteiger partial charge in [0.25, 0.3) is 0 Å². The van der Waals surface area contributed by atoms with Gasteiger partial charge in [-0.3, -0.25) is 14.5 Å². The maximum absolute atomic E-state index is 13.2. The Labute approximate surface area is 240 Å². The number of piperazine rings is 1. The van der Waals surface area contributed by atoms with Gasteiger partial charge in [0.15, 0.2) is 0 Å². The van der Waals surface area contributed by atoms with Crippen molar-refractivity contribution in [2.45, 2.75) is 32.6 Å². The zero-order chi connectivity index (χ0) is 28.2. The number of hydrogen-bond acceptors (Lipinski definition) is 8. The highest BCUT2D eigenvalue weighted by Gasteiger charge is 2.31. The third-order valence-corrected chi connectivity index (χ3v) is 8.94. The van der Waals surface area contributed by atoms with Gasteiger partial charge in [0.2, 0.25) is 21.9 Å². The van der Waals surface area contributed by atoms with Crippen LogP contribution in [-0.2, 0) is 9.59 Å². The lowest BCUT2D eigenvalue weighted by Crippen LogP contribution is -2.53. The zero-order valence-corrected chi connectivity index (χ0v) is 25.0. The Kier molecular flexibility index (Phi) is 9.02. The number of nitrogens with zero attached hydrogens (tertiary/aromatic N) is 7. The van der Waals surface area contributed by atoms with Crippen molar-refractivity contribution in [1.82, 2.24) is 34.6 Å². The Morgan fingerprint density at radius 3 is 2.38 bits per heavy atom. The van der Waals surface area contributed by atoms with Gasteiger partial charge in [0, 0.05) is 63.8 Å². The average Bonchev–Trinajstić information content (AvgIpc) is 3.53. The average molecular weight is 567 g/mol. The van der Waals surface area contributed by atoms with Crippen LogP contribution >= 0.6 is 11.3 Å². The minimum atomic E-state index is 0.0557. The minimum Gasteiger partial charge on any atom is -0.354 e. The number of amides is 2. The lowest BCUT2D eigenvalue weighted by atomic mass is 9.95. The third kappa shape index (κ3) is 6.82. The fraction of sp³-hybridized carbons (Fsp3) is 0.586. The molecule has 0 bridgehead atoms. The van der Waals surface area contributed by atoms with Crippen molar-refractivity contribution >= 4 is 33.2 Å². The number of hydrogen-bond donors (Lipinski definition) is 1. The van der Waals surface area contributed by atoms with Gasteiger partial charge >= 0.3 is 0 Å². The number of anilines is 1. The van der Waals surface area contributed by atoms with Crippen LogP contribution in [0.1, 0.15) is 38.2 Å². The van der Waals surface area contributed by atoms with E-state index in [9.17, 15) is 9.59 Å². The second-order valence-corrected chi connectivity index (χ2v) is 12.5. The van der Waals surface area contributed by atoms with Gasteiger partial charge in [-0.15, -0.1) is 5.10 Å². The Balaban J connectivity index is 1.08. The highest BCUT2D eigenvalue weighted by atomic mass is 32.1. The number of benzene rings is 1. The number of piperidine rings is 1. The van der Waals surface area contributed by atoms with Crippen molar-refractivity contribution in [1.29, 1.82) is 0 Å². The second kappa shape index (κ2) is 12.7. The molecule has 5 rings (SSSR count). The van der Waals surface area contributed by atoms with E-state index in [0.717, 1.165) is 66.9 Å². The molecule has 11 heteroatoms. The molecule has 0 atom stereocenters. The van der Waals surface area contributed by atoms with Crippen molar-refractivity contribution in [3.8, 4) is 11.3 Å². The van der Waals surface area contributed by atoms with Crippen LogP contribution in [0.15, 0.2) is 30.5 Å². The van der Waals surface area contributed by atoms with Gasteiger partial charge in [-0.25, -0.2) is 9.50 Å². The summed E-state index contributed by atoms with van der Waals surface area (Å²) in [6.07, 6.45) is 3.68. The van der Waals surface area contributed by atoms with Crippen molar-refractivity contribution in [3.05, 3.63) is 36.0 Å². The van der Waals surface area contributed by atoms with Crippen LogP contribution in [0, 0.1) is 5.92 Å². The van der Waals surface area contributed by atoms with Gasteiger partial charge in [0.1, 0.15) is 0 Å². The number of aromatic nitrogens is 3. The van der Waals surface area contributed by atoms with Crippen LogP contribution in [0.25, 0.3) is 16.2 Å². The smallest absolute Gasteiger partial charge is 0.234 e. The molecule has 2 saturated heterocycles. The van der Waals surface area contributed by atoms with Crippen molar-refractivity contribution in [3.63, 3.8) is 0 Å². The summed E-state index contributed by atoms with van der Waals surface area (Å²) in [6, 6.07) is 8.61. The largest absolute Gasteiger partial charge is 0.354 e. The van der Waals surface area contributed by atoms with E-state index >= 15 is 0 Å². The zero-order valence-electron chi connectivity index (χ0n) is 24.2. The summed E-state index contributed by atoms with van der Waals surface area (Å²) in [7, 11) is 3.99. The molecule has 2 amide bonds. The summed E-state index contributed by atoms with van der Waals surface area (Å²) in [4.78, 5) is 39.6. The van der Waals surface area contributed by atoms with Gasteiger partial charge in [-0.05, 0) is 38.4 Å². The van der Waals surface area contributed by atoms with E-state index < -0.39 is 0 Å². The van der Waals surface area contributed by atoms with Crippen LogP contribution in [0.5, 0.6) is 0 Å². The molecule has 3 aromatic rings. The fourth-order valence-electron chi connectivity index (χ4n) is 5.38. The summed E-state index contributed by atoms with van der Waals surface area (Å²) in [5.41, 5.74) is 3.37. The molecule has 0 aliphatic carbocycles. The van der Waals surface area contributed by atoms with E-state index in [1.165, 1.54) is 5.56 Å². The number of fused-ring (bicyclic) bond motifs is 1. The first kappa shape index (κ1) is 28.5. The lowest BCUT2D eigenvalue weighted by Gasteiger charge is -2.38. The monoisotopic (exact) mass is 566 g/mol. The molecule has 2 aliphatic heterocycles. The molecule has 0 saturated carbocycles. The quantitative estimate of drug-likeness (QED) is 0.426. The highest BCUT2D eigenvalue weighted by molar-refractivity contribution is 7.20. The molecule has 2 aliphatic rings. The van der Waals surface area contributed by atoms with Crippen LogP contribution in [-0.4, -0.2) is 114 Å². The fourth-order valence-corrected chi connectivity index (χ4v) is 6.31. The highest BCUT2D eigenvalue weighted by Crippen LogP contribution is 2.30. The number of nitrogens with one attached hydrogen (secondary N) is 1. The Bertz CT molecular complexity index is 1250. The summed E-state index contributed by atoms with van der Waals surface area (Å²) in [5.74, 6) is 0.884. The molecule has 0 radical (unpaired) electrons. The molecule has 1 aromatic carbocycles. The standard InChI is InChI=1S/C29H42N8O2S/c1-21(2)22-5-7-23(8-6-22)25-19-37-28(31-25)40-29(32-37)36-12-9-24(10-13-36)27(39)35-17-15-34(16-18-35)20-26(38)30-11-14-33(3)4/h5-8,19,21,24H,9-18,20H2,1-4H3,(H,30,38). The summed E-state index contributed by atoms with van der Waals surface area (Å²) in [6.45, 7) is 10.8. The van der Waals surface area contributed by atoms with Crippen LogP contribution < -0.4 is 10.2 Å². The molecular weight excluding hydrogens is 524 g/mol. The Morgan fingerprint density at radius 2 is 1.75 bits per heavy atom. The molecule has 0 unspecified atom stereocenters. The third-order valence-electron chi connectivity index (χ3n) is 7.95. The van der Waals surface area contributed by atoms with Crippen LogP contribution in [0.4, 0.5) is 5.13 Å². The summed E-state index contributed by atoms with van der Waals surface area (Å²) in [5, 5.41) is 8.74. The molecule has 0 spiro atoms. The lowest BCUT2D eigenvalue weighted by molar-refractivity contribution is -0.138. The minimum absolute atomic E-state index is 0.0557. The topological polar surface area (TPSA) is 89.3 Å². The predicted molar refractivity (Wildman–Crippen MR) is 160 cm³/mol. The number of carbonyl (C=O) groups excluding carboxylic acids is 2. The summed E-state index contributed by atoms with van der Waals surface area (Å²) >= 11 is 1.61. The normalized spacial score (nSPS) is 17.4. The predicted octanol–water partition coefficient (Wildman–Crippen LogP) is 2.62. The number of rotatable bonds is 9. The van der Waals surface area contributed by atoms with E-state index in [2.05, 4.69) is 53.2 Å². The van der Waals surface area contributed by atoms with E-state index in [4.69, 9.17) is 10.1 Å². The molecule has 10 nitrogen and oxygen atoms in total. The molecule has 216 valence electrons.